The van der Waals surface area contributed by atoms with Crippen molar-refractivity contribution in [2.24, 2.45) is 0 Å². The van der Waals surface area contributed by atoms with Crippen LogP contribution in [0.15, 0.2) is 5.38 Å². The summed E-state index contributed by atoms with van der Waals surface area (Å²) in [5, 5.41) is 5.99. The molecule has 1 rings (SSSR count). The fourth-order valence-electron chi connectivity index (χ4n) is 1.43. The molecule has 0 aliphatic heterocycles. The summed E-state index contributed by atoms with van der Waals surface area (Å²) in [6, 6.07) is 0. The Morgan fingerprint density at radius 1 is 1.39 bits per heavy atom. The van der Waals surface area contributed by atoms with Gasteiger partial charge in [-0.2, -0.15) is 0 Å². The van der Waals surface area contributed by atoms with Crippen molar-refractivity contribution in [1.82, 2.24) is 4.98 Å². The van der Waals surface area contributed by atoms with E-state index in [0.29, 0.717) is 0 Å². The standard InChI is InChI=1S/C12H20N2O3S/c1-16-7-5-3-4-6-13-12-14-10(9-18-12)8-11(15)17-2/h9H,3-8H2,1-2H3,(H,13,14). The van der Waals surface area contributed by atoms with Crippen molar-refractivity contribution in [1.29, 1.82) is 0 Å². The Hall–Kier alpha value is -1.14. The van der Waals surface area contributed by atoms with Crippen LogP contribution in [-0.4, -0.2) is 38.3 Å². The van der Waals surface area contributed by atoms with Crippen LogP contribution >= 0.6 is 11.3 Å². The van der Waals surface area contributed by atoms with Gasteiger partial charge in [0.2, 0.25) is 0 Å². The normalized spacial score (nSPS) is 10.3. The Morgan fingerprint density at radius 2 is 2.22 bits per heavy atom. The van der Waals surface area contributed by atoms with E-state index in [4.69, 9.17) is 4.74 Å². The highest BCUT2D eigenvalue weighted by atomic mass is 32.1. The summed E-state index contributed by atoms with van der Waals surface area (Å²) in [6.45, 7) is 1.72. The summed E-state index contributed by atoms with van der Waals surface area (Å²) in [4.78, 5) is 15.4. The number of ether oxygens (including phenoxy) is 2. The quantitative estimate of drug-likeness (QED) is 0.551. The second kappa shape index (κ2) is 8.88. The number of unbranched alkanes of at least 4 members (excludes halogenated alkanes) is 2. The summed E-state index contributed by atoms with van der Waals surface area (Å²) in [7, 11) is 3.10. The van der Waals surface area contributed by atoms with Gasteiger partial charge in [-0.25, -0.2) is 4.98 Å². The Labute approximate surface area is 112 Å². The molecule has 6 heteroatoms. The molecule has 0 radical (unpaired) electrons. The number of anilines is 1. The van der Waals surface area contributed by atoms with Gasteiger partial charge in [0.25, 0.3) is 0 Å². The summed E-state index contributed by atoms with van der Waals surface area (Å²) < 4.78 is 9.58. The Morgan fingerprint density at radius 3 is 2.94 bits per heavy atom. The first-order valence-electron chi connectivity index (χ1n) is 6.00. The number of hydrogen-bond donors (Lipinski definition) is 1. The second-order valence-corrected chi connectivity index (χ2v) is 4.74. The second-order valence-electron chi connectivity index (χ2n) is 3.88. The van der Waals surface area contributed by atoms with Gasteiger partial charge < -0.3 is 14.8 Å². The molecule has 0 aliphatic carbocycles. The van der Waals surface area contributed by atoms with Crippen molar-refractivity contribution in [2.75, 3.05) is 32.7 Å². The van der Waals surface area contributed by atoms with E-state index in [1.807, 2.05) is 5.38 Å². The van der Waals surface area contributed by atoms with Crippen LogP contribution in [0.5, 0.6) is 0 Å². The lowest BCUT2D eigenvalue weighted by Crippen LogP contribution is -2.05. The number of carbonyl (C=O) groups is 1. The van der Waals surface area contributed by atoms with E-state index in [-0.39, 0.29) is 12.4 Å². The lowest BCUT2D eigenvalue weighted by Gasteiger charge is -2.02. The molecule has 0 saturated carbocycles. The van der Waals surface area contributed by atoms with Gasteiger partial charge >= 0.3 is 5.97 Å². The fourth-order valence-corrected chi connectivity index (χ4v) is 2.17. The minimum absolute atomic E-state index is 0.239. The molecule has 1 heterocycles. The number of aromatic nitrogens is 1. The number of nitrogens with one attached hydrogen (secondary N) is 1. The topological polar surface area (TPSA) is 60.5 Å². The molecule has 5 nitrogen and oxygen atoms in total. The van der Waals surface area contributed by atoms with Crippen LogP contribution in [-0.2, 0) is 20.7 Å². The third-order valence-electron chi connectivity index (χ3n) is 2.41. The molecule has 0 amide bonds. The zero-order valence-electron chi connectivity index (χ0n) is 10.9. The van der Waals surface area contributed by atoms with Gasteiger partial charge in [-0.3, -0.25) is 4.79 Å². The molecule has 18 heavy (non-hydrogen) atoms. The maximum absolute atomic E-state index is 11.1. The van der Waals surface area contributed by atoms with Crippen molar-refractivity contribution in [3.63, 3.8) is 0 Å². The van der Waals surface area contributed by atoms with E-state index in [2.05, 4.69) is 15.0 Å². The number of nitrogens with zero attached hydrogens (tertiary/aromatic N) is 1. The molecule has 1 N–H and O–H groups in total. The third kappa shape index (κ3) is 5.97. The zero-order valence-corrected chi connectivity index (χ0v) is 11.7. The fraction of sp³-hybridized carbons (Fsp3) is 0.667. The van der Waals surface area contributed by atoms with Crippen LogP contribution in [0, 0.1) is 0 Å². The zero-order chi connectivity index (χ0) is 13.2. The number of esters is 1. The molecule has 0 saturated heterocycles. The molecular formula is C12H20N2O3S. The molecule has 0 bridgehead atoms. The van der Waals surface area contributed by atoms with Crippen LogP contribution in [0.4, 0.5) is 5.13 Å². The summed E-state index contributed by atoms with van der Waals surface area (Å²) in [5.74, 6) is -0.258. The van der Waals surface area contributed by atoms with Crippen molar-refractivity contribution >= 4 is 22.4 Å². The van der Waals surface area contributed by atoms with E-state index in [1.165, 1.54) is 18.4 Å². The highest BCUT2D eigenvalue weighted by molar-refractivity contribution is 7.13. The Kier molecular flexibility index (Phi) is 7.36. The van der Waals surface area contributed by atoms with Gasteiger partial charge in [-0.1, -0.05) is 0 Å². The Balaban J connectivity index is 2.17. The van der Waals surface area contributed by atoms with E-state index in [1.54, 1.807) is 7.11 Å². The van der Waals surface area contributed by atoms with Gasteiger partial charge in [0.05, 0.1) is 19.2 Å². The molecule has 0 atom stereocenters. The monoisotopic (exact) mass is 272 g/mol. The van der Waals surface area contributed by atoms with Crippen LogP contribution in [0.25, 0.3) is 0 Å². The van der Waals surface area contributed by atoms with Crippen LogP contribution in [0.3, 0.4) is 0 Å². The molecule has 102 valence electrons. The van der Waals surface area contributed by atoms with Gasteiger partial charge in [0.1, 0.15) is 0 Å². The predicted octanol–water partition coefficient (Wildman–Crippen LogP) is 2.09. The maximum Gasteiger partial charge on any atom is 0.311 e. The van der Waals surface area contributed by atoms with E-state index < -0.39 is 0 Å². The number of methoxy groups -OCH3 is 2. The molecular weight excluding hydrogens is 252 g/mol. The maximum atomic E-state index is 11.1. The van der Waals surface area contributed by atoms with Gasteiger partial charge in [0, 0.05) is 25.6 Å². The number of thiazole rings is 1. The van der Waals surface area contributed by atoms with Crippen LogP contribution in [0.2, 0.25) is 0 Å². The Bertz CT molecular complexity index is 355. The average Bonchev–Trinajstić information content (AvgIpc) is 2.81. The van der Waals surface area contributed by atoms with Crippen molar-refractivity contribution in [3.8, 4) is 0 Å². The number of hydrogen-bond acceptors (Lipinski definition) is 6. The largest absolute Gasteiger partial charge is 0.469 e. The molecule has 0 spiro atoms. The molecule has 0 fully saturated rings. The van der Waals surface area contributed by atoms with Crippen molar-refractivity contribution < 1.29 is 14.3 Å². The van der Waals surface area contributed by atoms with Gasteiger partial charge in [0.15, 0.2) is 5.13 Å². The first kappa shape index (κ1) is 14.9. The smallest absolute Gasteiger partial charge is 0.311 e. The summed E-state index contributed by atoms with van der Waals surface area (Å²) in [6.07, 6.45) is 3.56. The minimum Gasteiger partial charge on any atom is -0.469 e. The molecule has 1 aromatic rings. The van der Waals surface area contributed by atoms with E-state index in [0.717, 1.165) is 43.2 Å². The highest BCUT2D eigenvalue weighted by Gasteiger charge is 2.06. The van der Waals surface area contributed by atoms with Crippen LogP contribution in [0.1, 0.15) is 25.0 Å². The first-order valence-corrected chi connectivity index (χ1v) is 6.88. The number of carbonyl (C=O) groups excluding carboxylic acids is 1. The molecule has 1 aromatic heterocycles. The summed E-state index contributed by atoms with van der Waals surface area (Å²) in [5.41, 5.74) is 0.758. The lowest BCUT2D eigenvalue weighted by molar-refractivity contribution is -0.139. The van der Waals surface area contributed by atoms with Crippen molar-refractivity contribution in [3.05, 3.63) is 11.1 Å². The predicted molar refractivity (Wildman–Crippen MR) is 72.1 cm³/mol. The summed E-state index contributed by atoms with van der Waals surface area (Å²) >= 11 is 1.52. The average molecular weight is 272 g/mol. The van der Waals surface area contributed by atoms with E-state index in [9.17, 15) is 4.79 Å². The van der Waals surface area contributed by atoms with E-state index >= 15 is 0 Å². The highest BCUT2D eigenvalue weighted by Crippen LogP contribution is 2.16. The number of rotatable bonds is 9. The lowest BCUT2D eigenvalue weighted by atomic mass is 10.2. The first-order chi connectivity index (χ1) is 8.76. The van der Waals surface area contributed by atoms with Crippen LogP contribution < -0.4 is 5.32 Å². The van der Waals surface area contributed by atoms with Crippen molar-refractivity contribution in [2.45, 2.75) is 25.7 Å². The third-order valence-corrected chi connectivity index (χ3v) is 3.26. The molecule has 0 unspecified atom stereocenters. The molecule has 0 aromatic carbocycles. The minimum atomic E-state index is -0.258. The molecule has 0 aliphatic rings. The van der Waals surface area contributed by atoms with Gasteiger partial charge in [-0.15, -0.1) is 11.3 Å². The van der Waals surface area contributed by atoms with Gasteiger partial charge in [-0.05, 0) is 19.3 Å². The SMILES string of the molecule is COCCCCCNc1nc(CC(=O)OC)cs1.